The Morgan fingerprint density at radius 1 is 1.83 bits per heavy atom. The van der Waals surface area contributed by atoms with Crippen LogP contribution in [-0.2, 0) is 9.61 Å². The van der Waals surface area contributed by atoms with Crippen molar-refractivity contribution in [3.05, 3.63) is 22.4 Å². The van der Waals surface area contributed by atoms with E-state index < -0.39 is 0 Å². The third-order valence-corrected chi connectivity index (χ3v) is 3.89. The van der Waals surface area contributed by atoms with Gasteiger partial charge in [-0.15, -0.1) is 22.9 Å². The Morgan fingerprint density at radius 2 is 2.67 bits per heavy atom. The van der Waals surface area contributed by atoms with Crippen molar-refractivity contribution in [1.82, 2.24) is 0 Å². The van der Waals surface area contributed by atoms with Gasteiger partial charge < -0.3 is 4.74 Å². The number of hydrogen-bond donors (Lipinski definition) is 0. The molecule has 1 heterocycles. The zero-order valence-electron chi connectivity index (χ0n) is 6.92. The number of ether oxygens (including phenoxy) is 1. The molecular weight excluding hydrogens is 192 g/mol. The van der Waals surface area contributed by atoms with Crippen LogP contribution in [0.1, 0.15) is 18.2 Å². The first-order valence-electron chi connectivity index (χ1n) is 4.12. The summed E-state index contributed by atoms with van der Waals surface area (Å²) in [5.41, 5.74) is 0. The standard InChI is InChI=1S/C9H11ClOS/c1-2-11-7-6-9(7,10)8-4-3-5-12-8/h3-5,7H,2,6H2,1H3/t7-,9?/m0/s1. The Labute approximate surface area is 81.3 Å². The van der Waals surface area contributed by atoms with Crippen LogP contribution in [0.15, 0.2) is 17.5 Å². The van der Waals surface area contributed by atoms with Gasteiger partial charge in [0.2, 0.25) is 0 Å². The molecule has 1 aliphatic rings. The topological polar surface area (TPSA) is 9.23 Å². The van der Waals surface area contributed by atoms with Gasteiger partial charge in [-0.25, -0.2) is 0 Å². The molecule has 1 aromatic rings. The van der Waals surface area contributed by atoms with E-state index in [9.17, 15) is 0 Å². The summed E-state index contributed by atoms with van der Waals surface area (Å²) in [5.74, 6) is 0. The highest BCUT2D eigenvalue weighted by Crippen LogP contribution is 2.55. The third-order valence-electron chi connectivity index (χ3n) is 2.13. The molecule has 1 fully saturated rings. The van der Waals surface area contributed by atoms with E-state index in [0.717, 1.165) is 13.0 Å². The summed E-state index contributed by atoms with van der Waals surface area (Å²) in [6.07, 6.45) is 1.20. The molecule has 3 heteroatoms. The van der Waals surface area contributed by atoms with Crippen molar-refractivity contribution >= 4 is 22.9 Å². The molecule has 1 saturated carbocycles. The molecule has 2 atom stereocenters. The summed E-state index contributed by atoms with van der Waals surface area (Å²) in [5, 5.41) is 2.06. The first-order chi connectivity index (χ1) is 5.77. The summed E-state index contributed by atoms with van der Waals surface area (Å²) in [4.78, 5) is 1.05. The van der Waals surface area contributed by atoms with E-state index in [1.54, 1.807) is 11.3 Å². The van der Waals surface area contributed by atoms with Crippen molar-refractivity contribution in [2.75, 3.05) is 6.61 Å². The zero-order chi connectivity index (χ0) is 8.60. The molecule has 1 unspecified atom stereocenters. The van der Waals surface area contributed by atoms with Crippen LogP contribution in [0, 0.1) is 0 Å². The van der Waals surface area contributed by atoms with Gasteiger partial charge >= 0.3 is 0 Å². The molecule has 66 valence electrons. The summed E-state index contributed by atoms with van der Waals surface area (Å²) in [6.45, 7) is 2.76. The molecule has 0 aromatic carbocycles. The molecule has 0 saturated heterocycles. The van der Waals surface area contributed by atoms with E-state index >= 15 is 0 Å². The van der Waals surface area contributed by atoms with Crippen LogP contribution in [0.25, 0.3) is 0 Å². The molecule has 12 heavy (non-hydrogen) atoms. The fourth-order valence-electron chi connectivity index (χ4n) is 1.38. The molecular formula is C9H11ClOS. The molecule has 1 nitrogen and oxygen atoms in total. The summed E-state index contributed by atoms with van der Waals surface area (Å²) < 4.78 is 5.47. The van der Waals surface area contributed by atoms with Crippen molar-refractivity contribution in [3.63, 3.8) is 0 Å². The molecule has 0 N–H and O–H groups in total. The minimum atomic E-state index is -0.190. The highest BCUT2D eigenvalue weighted by atomic mass is 35.5. The second-order valence-electron chi connectivity index (χ2n) is 2.99. The Bertz CT molecular complexity index is 260. The van der Waals surface area contributed by atoms with E-state index in [4.69, 9.17) is 16.3 Å². The van der Waals surface area contributed by atoms with Crippen molar-refractivity contribution in [3.8, 4) is 0 Å². The molecule has 0 spiro atoms. The van der Waals surface area contributed by atoms with Gasteiger partial charge in [-0.1, -0.05) is 6.07 Å². The van der Waals surface area contributed by atoms with Gasteiger partial charge in [0.1, 0.15) is 4.87 Å². The SMILES string of the molecule is CCO[C@H]1CC1(Cl)c1cccs1. The quantitative estimate of drug-likeness (QED) is 0.685. The maximum Gasteiger partial charge on any atom is 0.107 e. The van der Waals surface area contributed by atoms with Crippen LogP contribution in [0.5, 0.6) is 0 Å². The van der Waals surface area contributed by atoms with Crippen molar-refractivity contribution in [2.45, 2.75) is 24.3 Å². The van der Waals surface area contributed by atoms with Crippen molar-refractivity contribution in [1.29, 1.82) is 0 Å². The molecule has 1 aromatic heterocycles. The molecule has 0 bridgehead atoms. The third kappa shape index (κ3) is 1.28. The number of thiophene rings is 1. The van der Waals surface area contributed by atoms with E-state index in [1.807, 2.05) is 13.0 Å². The van der Waals surface area contributed by atoms with Crippen LogP contribution in [-0.4, -0.2) is 12.7 Å². The van der Waals surface area contributed by atoms with E-state index in [2.05, 4.69) is 11.4 Å². The fraction of sp³-hybridized carbons (Fsp3) is 0.556. The van der Waals surface area contributed by atoms with Crippen LogP contribution in [0.2, 0.25) is 0 Å². The number of halogens is 1. The average Bonchev–Trinajstić information content (AvgIpc) is 2.57. The highest BCUT2D eigenvalue weighted by molar-refractivity contribution is 7.10. The lowest BCUT2D eigenvalue weighted by atomic mass is 10.3. The average molecular weight is 203 g/mol. The number of hydrogen-bond acceptors (Lipinski definition) is 2. The predicted octanol–water partition coefficient (Wildman–Crippen LogP) is 2.99. The van der Waals surface area contributed by atoms with Crippen molar-refractivity contribution < 1.29 is 4.74 Å². The monoisotopic (exact) mass is 202 g/mol. The second-order valence-corrected chi connectivity index (χ2v) is 4.61. The largest absolute Gasteiger partial charge is 0.376 e. The van der Waals surface area contributed by atoms with E-state index in [0.29, 0.717) is 0 Å². The lowest BCUT2D eigenvalue weighted by Gasteiger charge is -2.05. The number of alkyl halides is 1. The molecule has 2 rings (SSSR count). The van der Waals surface area contributed by atoms with Crippen LogP contribution < -0.4 is 0 Å². The normalized spacial score (nSPS) is 33.7. The van der Waals surface area contributed by atoms with Crippen LogP contribution in [0.4, 0.5) is 0 Å². The first-order valence-corrected chi connectivity index (χ1v) is 5.37. The Hall–Kier alpha value is -0.0500. The lowest BCUT2D eigenvalue weighted by molar-refractivity contribution is 0.125. The van der Waals surface area contributed by atoms with E-state index in [-0.39, 0.29) is 11.0 Å². The van der Waals surface area contributed by atoms with Crippen LogP contribution >= 0.6 is 22.9 Å². The molecule has 1 aliphatic carbocycles. The van der Waals surface area contributed by atoms with Gasteiger partial charge in [-0.2, -0.15) is 0 Å². The molecule has 0 radical (unpaired) electrons. The maximum atomic E-state index is 6.34. The van der Waals surface area contributed by atoms with Gasteiger partial charge in [-0.05, 0) is 18.4 Å². The lowest BCUT2D eigenvalue weighted by Crippen LogP contribution is -2.05. The highest BCUT2D eigenvalue weighted by Gasteiger charge is 2.56. The Kier molecular flexibility index (Phi) is 2.15. The Balaban J connectivity index is 2.07. The van der Waals surface area contributed by atoms with Gasteiger partial charge in [0.15, 0.2) is 0 Å². The fourth-order valence-corrected chi connectivity index (χ4v) is 2.65. The van der Waals surface area contributed by atoms with Gasteiger partial charge in [0.25, 0.3) is 0 Å². The van der Waals surface area contributed by atoms with Crippen molar-refractivity contribution in [2.24, 2.45) is 0 Å². The van der Waals surface area contributed by atoms with Gasteiger partial charge in [0, 0.05) is 17.9 Å². The number of rotatable bonds is 3. The minimum Gasteiger partial charge on any atom is -0.376 e. The maximum absolute atomic E-state index is 6.34. The zero-order valence-corrected chi connectivity index (χ0v) is 8.49. The first kappa shape index (κ1) is 8.54. The smallest absolute Gasteiger partial charge is 0.107 e. The summed E-state index contributed by atoms with van der Waals surface area (Å²) in [6, 6.07) is 4.11. The molecule has 0 aliphatic heterocycles. The van der Waals surface area contributed by atoms with Gasteiger partial charge in [0.05, 0.1) is 6.10 Å². The Morgan fingerprint density at radius 3 is 3.25 bits per heavy atom. The van der Waals surface area contributed by atoms with E-state index in [1.165, 1.54) is 4.88 Å². The van der Waals surface area contributed by atoms with Crippen LogP contribution in [0.3, 0.4) is 0 Å². The van der Waals surface area contributed by atoms with Gasteiger partial charge in [-0.3, -0.25) is 0 Å². The second kappa shape index (κ2) is 3.02. The summed E-state index contributed by atoms with van der Waals surface area (Å²) >= 11 is 8.05. The molecule has 0 amide bonds. The predicted molar refractivity (Wildman–Crippen MR) is 51.9 cm³/mol. The minimum absolute atomic E-state index is 0.190. The summed E-state index contributed by atoms with van der Waals surface area (Å²) in [7, 11) is 0.